The molecular weight excluding hydrogens is 220 g/mol. The van der Waals surface area contributed by atoms with Gasteiger partial charge in [-0.2, -0.15) is 0 Å². The van der Waals surface area contributed by atoms with Crippen LogP contribution >= 0.6 is 0 Å². The van der Waals surface area contributed by atoms with E-state index in [9.17, 15) is 9.59 Å². The average Bonchev–Trinajstić information content (AvgIpc) is 2.30. The Morgan fingerprint density at radius 2 is 1.94 bits per heavy atom. The normalized spacial score (nSPS) is 10.2. The van der Waals surface area contributed by atoms with Gasteiger partial charge in [-0.05, 0) is 30.7 Å². The average molecular weight is 234 g/mol. The van der Waals surface area contributed by atoms with Gasteiger partial charge in [-0.3, -0.25) is 0 Å². The van der Waals surface area contributed by atoms with Crippen molar-refractivity contribution in [1.82, 2.24) is 5.32 Å². The summed E-state index contributed by atoms with van der Waals surface area (Å²) >= 11 is 0. The minimum Gasteiger partial charge on any atom is -0.478 e. The van der Waals surface area contributed by atoms with Gasteiger partial charge < -0.3 is 15.7 Å². The Hall–Kier alpha value is -2.30. The van der Waals surface area contributed by atoms with E-state index in [1.165, 1.54) is 24.3 Å². The molecule has 0 saturated heterocycles. The van der Waals surface area contributed by atoms with E-state index in [1.807, 2.05) is 13.0 Å². The van der Waals surface area contributed by atoms with Gasteiger partial charge in [-0.15, -0.1) is 0 Å². The number of carbonyl (C=O) groups is 2. The summed E-state index contributed by atoms with van der Waals surface area (Å²) in [6.45, 7) is 1.96. The quantitative estimate of drug-likeness (QED) is 0.748. The van der Waals surface area contributed by atoms with Crippen molar-refractivity contribution >= 4 is 17.7 Å². The minimum atomic E-state index is -0.994. The number of aromatic carboxylic acids is 1. The van der Waals surface area contributed by atoms with Crippen LogP contribution in [0.2, 0.25) is 0 Å². The van der Waals surface area contributed by atoms with Gasteiger partial charge in [0.1, 0.15) is 0 Å². The van der Waals surface area contributed by atoms with Crippen LogP contribution in [0.1, 0.15) is 23.7 Å². The summed E-state index contributed by atoms with van der Waals surface area (Å²) in [6.07, 6.45) is 4.21. The number of urea groups is 1. The summed E-state index contributed by atoms with van der Waals surface area (Å²) in [5, 5.41) is 13.8. The predicted molar refractivity (Wildman–Crippen MR) is 65.0 cm³/mol. The number of carboxylic acid groups (broad SMARTS) is 1. The number of carboxylic acids is 1. The van der Waals surface area contributed by atoms with Gasteiger partial charge in [0.25, 0.3) is 0 Å². The Morgan fingerprint density at radius 3 is 2.47 bits per heavy atom. The third kappa shape index (κ3) is 4.38. The molecule has 0 aliphatic rings. The minimum absolute atomic E-state index is 0.182. The van der Waals surface area contributed by atoms with E-state index < -0.39 is 5.97 Å². The maximum atomic E-state index is 11.3. The van der Waals surface area contributed by atoms with Crippen molar-refractivity contribution in [3.05, 3.63) is 42.1 Å². The summed E-state index contributed by atoms with van der Waals surface area (Å²) in [5.74, 6) is -0.994. The van der Waals surface area contributed by atoms with Crippen LogP contribution in [0.15, 0.2) is 36.5 Å². The number of nitrogens with one attached hydrogen (secondary N) is 2. The van der Waals surface area contributed by atoms with Crippen LogP contribution < -0.4 is 10.6 Å². The number of carbonyl (C=O) groups excluding carboxylic acids is 1. The van der Waals surface area contributed by atoms with E-state index in [4.69, 9.17) is 5.11 Å². The second kappa shape index (κ2) is 6.32. The molecule has 0 aliphatic heterocycles. The summed E-state index contributed by atoms with van der Waals surface area (Å²) in [5.41, 5.74) is 0.722. The van der Waals surface area contributed by atoms with Crippen LogP contribution in [0.5, 0.6) is 0 Å². The molecule has 5 nitrogen and oxygen atoms in total. The fourth-order valence-corrected chi connectivity index (χ4v) is 1.12. The topological polar surface area (TPSA) is 78.4 Å². The Bertz CT molecular complexity index is 424. The first-order valence-corrected chi connectivity index (χ1v) is 5.19. The van der Waals surface area contributed by atoms with E-state index in [0.717, 1.165) is 6.42 Å². The van der Waals surface area contributed by atoms with Crippen molar-refractivity contribution in [2.45, 2.75) is 13.3 Å². The molecule has 0 fully saturated rings. The molecule has 5 heteroatoms. The third-order valence-corrected chi connectivity index (χ3v) is 1.96. The molecule has 0 atom stereocenters. The number of hydrogen-bond acceptors (Lipinski definition) is 2. The molecule has 0 aliphatic carbocycles. The van der Waals surface area contributed by atoms with Crippen LogP contribution in [0.3, 0.4) is 0 Å². The van der Waals surface area contributed by atoms with Gasteiger partial charge in [-0.25, -0.2) is 9.59 Å². The van der Waals surface area contributed by atoms with Crippen molar-refractivity contribution < 1.29 is 14.7 Å². The first-order chi connectivity index (χ1) is 8.13. The lowest BCUT2D eigenvalue weighted by Crippen LogP contribution is -2.23. The second-order valence-electron chi connectivity index (χ2n) is 3.29. The molecule has 1 aromatic rings. The fourth-order valence-electron chi connectivity index (χ4n) is 1.12. The summed E-state index contributed by atoms with van der Waals surface area (Å²) in [4.78, 5) is 21.9. The molecule has 1 rings (SSSR count). The van der Waals surface area contributed by atoms with E-state index in [-0.39, 0.29) is 11.6 Å². The lowest BCUT2D eigenvalue weighted by Gasteiger charge is -2.04. The van der Waals surface area contributed by atoms with Gasteiger partial charge in [0.2, 0.25) is 0 Å². The monoisotopic (exact) mass is 234 g/mol. The van der Waals surface area contributed by atoms with Gasteiger partial charge >= 0.3 is 12.0 Å². The van der Waals surface area contributed by atoms with Crippen molar-refractivity contribution in [2.75, 3.05) is 5.32 Å². The lowest BCUT2D eigenvalue weighted by atomic mass is 10.2. The molecule has 0 radical (unpaired) electrons. The SMILES string of the molecule is CC/C=C/NC(=O)Nc1ccc(C(=O)O)cc1. The number of hydrogen-bond donors (Lipinski definition) is 3. The molecule has 17 heavy (non-hydrogen) atoms. The zero-order valence-electron chi connectivity index (χ0n) is 9.43. The van der Waals surface area contributed by atoms with Crippen LogP contribution in [-0.2, 0) is 0 Å². The molecule has 3 N–H and O–H groups in total. The first-order valence-electron chi connectivity index (χ1n) is 5.19. The van der Waals surface area contributed by atoms with Crippen LogP contribution in [0.4, 0.5) is 10.5 Å². The standard InChI is InChI=1S/C12H14N2O3/c1-2-3-8-13-12(17)14-10-6-4-9(5-7-10)11(15)16/h3-8H,2H2,1H3,(H,15,16)(H2,13,14,17)/b8-3+. The molecule has 0 heterocycles. The Labute approximate surface area is 99.1 Å². The largest absolute Gasteiger partial charge is 0.478 e. The van der Waals surface area contributed by atoms with Gasteiger partial charge in [-0.1, -0.05) is 13.0 Å². The fraction of sp³-hybridized carbons (Fsp3) is 0.167. The van der Waals surface area contributed by atoms with E-state index in [1.54, 1.807) is 6.20 Å². The molecule has 90 valence electrons. The number of amides is 2. The smallest absolute Gasteiger partial charge is 0.335 e. The lowest BCUT2D eigenvalue weighted by molar-refractivity contribution is 0.0697. The maximum Gasteiger partial charge on any atom is 0.335 e. The number of anilines is 1. The summed E-state index contributed by atoms with van der Waals surface area (Å²) in [7, 11) is 0. The molecule has 0 bridgehead atoms. The Balaban J connectivity index is 2.54. The van der Waals surface area contributed by atoms with Gasteiger partial charge in [0.05, 0.1) is 5.56 Å². The van der Waals surface area contributed by atoms with E-state index in [2.05, 4.69) is 10.6 Å². The summed E-state index contributed by atoms with van der Waals surface area (Å²) in [6, 6.07) is 5.57. The zero-order chi connectivity index (χ0) is 12.7. The molecule has 0 unspecified atom stereocenters. The van der Waals surface area contributed by atoms with E-state index >= 15 is 0 Å². The number of benzene rings is 1. The van der Waals surface area contributed by atoms with Crippen molar-refractivity contribution in [2.24, 2.45) is 0 Å². The summed E-state index contributed by atoms with van der Waals surface area (Å²) < 4.78 is 0. The van der Waals surface area contributed by atoms with Crippen molar-refractivity contribution in [1.29, 1.82) is 0 Å². The van der Waals surface area contributed by atoms with Crippen molar-refractivity contribution in [3.63, 3.8) is 0 Å². The predicted octanol–water partition coefficient (Wildman–Crippen LogP) is 2.43. The van der Waals surface area contributed by atoms with Crippen LogP contribution in [-0.4, -0.2) is 17.1 Å². The van der Waals surface area contributed by atoms with Crippen LogP contribution in [0, 0.1) is 0 Å². The van der Waals surface area contributed by atoms with E-state index in [0.29, 0.717) is 5.69 Å². The molecule has 1 aromatic carbocycles. The van der Waals surface area contributed by atoms with Crippen molar-refractivity contribution in [3.8, 4) is 0 Å². The Kier molecular flexibility index (Phi) is 4.75. The highest BCUT2D eigenvalue weighted by atomic mass is 16.4. The highest BCUT2D eigenvalue weighted by Crippen LogP contribution is 2.09. The second-order valence-corrected chi connectivity index (χ2v) is 3.29. The molecule has 0 spiro atoms. The molecule has 0 saturated carbocycles. The third-order valence-electron chi connectivity index (χ3n) is 1.96. The molecular formula is C12H14N2O3. The van der Waals surface area contributed by atoms with Gasteiger partial charge in [0.15, 0.2) is 0 Å². The highest BCUT2D eigenvalue weighted by molar-refractivity contribution is 5.91. The maximum absolute atomic E-state index is 11.3. The highest BCUT2D eigenvalue weighted by Gasteiger charge is 2.03. The van der Waals surface area contributed by atoms with Gasteiger partial charge in [0, 0.05) is 11.9 Å². The van der Waals surface area contributed by atoms with Crippen LogP contribution in [0.25, 0.3) is 0 Å². The molecule has 0 aromatic heterocycles. The zero-order valence-corrected chi connectivity index (χ0v) is 9.43. The number of rotatable bonds is 4. The first kappa shape index (κ1) is 12.8. The Morgan fingerprint density at radius 1 is 1.29 bits per heavy atom. The number of allylic oxidation sites excluding steroid dienone is 1. The molecule has 2 amide bonds.